The van der Waals surface area contributed by atoms with Crippen molar-refractivity contribution in [1.82, 2.24) is 5.32 Å². The van der Waals surface area contributed by atoms with E-state index in [0.29, 0.717) is 18.9 Å². The molecule has 1 aliphatic rings. The Labute approximate surface area is 180 Å². The van der Waals surface area contributed by atoms with E-state index in [4.69, 9.17) is 4.74 Å². The van der Waals surface area contributed by atoms with E-state index in [-0.39, 0.29) is 17.7 Å². The first-order valence-electron chi connectivity index (χ1n) is 11.1. The third-order valence-corrected chi connectivity index (χ3v) is 5.99. The van der Waals surface area contributed by atoms with Crippen LogP contribution in [0.25, 0.3) is 0 Å². The van der Waals surface area contributed by atoms with Crippen LogP contribution in [0.15, 0.2) is 54.6 Å². The van der Waals surface area contributed by atoms with Crippen LogP contribution < -0.4 is 5.32 Å². The maximum atomic E-state index is 13.4. The van der Waals surface area contributed by atoms with Crippen molar-refractivity contribution in [2.75, 3.05) is 6.61 Å². The number of ketones is 1. The summed E-state index contributed by atoms with van der Waals surface area (Å²) in [6.07, 6.45) is 3.22. The average Bonchev–Trinajstić information content (AvgIpc) is 2.76. The van der Waals surface area contributed by atoms with E-state index >= 15 is 0 Å². The summed E-state index contributed by atoms with van der Waals surface area (Å²) >= 11 is 0. The van der Waals surface area contributed by atoms with Crippen LogP contribution in [0.1, 0.15) is 56.2 Å². The van der Waals surface area contributed by atoms with Crippen LogP contribution in [0.5, 0.6) is 0 Å². The Hall–Kier alpha value is -2.46. The number of esters is 1. The van der Waals surface area contributed by atoms with Crippen LogP contribution in [0.4, 0.5) is 0 Å². The number of fused-ring (bicyclic) bond motifs is 1. The first-order valence-corrected chi connectivity index (χ1v) is 11.1. The largest absolute Gasteiger partial charge is 0.465 e. The second kappa shape index (κ2) is 10.5. The van der Waals surface area contributed by atoms with Gasteiger partial charge >= 0.3 is 5.97 Å². The fourth-order valence-electron chi connectivity index (χ4n) is 4.47. The predicted molar refractivity (Wildman–Crippen MR) is 119 cm³/mol. The molecule has 4 atom stereocenters. The Morgan fingerprint density at radius 1 is 1.10 bits per heavy atom. The summed E-state index contributed by atoms with van der Waals surface area (Å²) in [7, 11) is 0. The molecule has 0 spiro atoms. The highest BCUT2D eigenvalue weighted by atomic mass is 16.5. The molecular weight excluding hydrogens is 374 g/mol. The Bertz CT molecular complexity index is 848. The number of benzene rings is 2. The molecule has 0 saturated carbocycles. The summed E-state index contributed by atoms with van der Waals surface area (Å²) in [5.41, 5.74) is 3.58. The van der Waals surface area contributed by atoms with Gasteiger partial charge in [-0.15, -0.1) is 0 Å². The molecule has 0 aromatic heterocycles. The molecule has 0 bridgehead atoms. The van der Waals surface area contributed by atoms with Crippen LogP contribution >= 0.6 is 0 Å². The van der Waals surface area contributed by atoms with Gasteiger partial charge in [0.15, 0.2) is 5.78 Å². The molecule has 0 radical (unpaired) electrons. The van der Waals surface area contributed by atoms with Crippen LogP contribution in [0.2, 0.25) is 0 Å². The van der Waals surface area contributed by atoms with Gasteiger partial charge in [-0.1, -0.05) is 61.5 Å². The number of aryl methyl sites for hydroxylation is 1. The van der Waals surface area contributed by atoms with Crippen LogP contribution in [-0.4, -0.2) is 30.4 Å². The zero-order valence-electron chi connectivity index (χ0n) is 18.3. The fraction of sp³-hybridized carbons (Fsp3) is 0.462. The summed E-state index contributed by atoms with van der Waals surface area (Å²) in [4.78, 5) is 25.9. The van der Waals surface area contributed by atoms with Crippen molar-refractivity contribution in [2.45, 2.75) is 64.5 Å². The van der Waals surface area contributed by atoms with Crippen molar-refractivity contribution >= 4 is 11.8 Å². The second-order valence-electron chi connectivity index (χ2n) is 8.42. The monoisotopic (exact) mass is 407 g/mol. The molecular formula is C26H33NO3. The van der Waals surface area contributed by atoms with E-state index in [2.05, 4.69) is 36.5 Å². The van der Waals surface area contributed by atoms with E-state index in [9.17, 15) is 9.59 Å². The number of carbonyl (C=O) groups is 2. The molecule has 160 valence electrons. The highest BCUT2D eigenvalue weighted by Gasteiger charge is 2.33. The topological polar surface area (TPSA) is 55.4 Å². The van der Waals surface area contributed by atoms with Gasteiger partial charge in [-0.25, -0.2) is 0 Å². The molecule has 4 heteroatoms. The third-order valence-electron chi connectivity index (χ3n) is 5.99. The molecule has 0 aliphatic heterocycles. The summed E-state index contributed by atoms with van der Waals surface area (Å²) in [5, 5.41) is 3.29. The number of rotatable bonds is 9. The molecule has 2 unspecified atom stereocenters. The van der Waals surface area contributed by atoms with Gasteiger partial charge in [0, 0.05) is 5.92 Å². The van der Waals surface area contributed by atoms with Crippen molar-refractivity contribution in [3.05, 3.63) is 71.3 Å². The number of hydrogen-bond donors (Lipinski definition) is 1. The quantitative estimate of drug-likeness (QED) is 0.624. The molecule has 1 N–H and O–H groups in total. The van der Waals surface area contributed by atoms with Crippen molar-refractivity contribution in [3.63, 3.8) is 0 Å². The van der Waals surface area contributed by atoms with Crippen molar-refractivity contribution in [3.8, 4) is 0 Å². The lowest BCUT2D eigenvalue weighted by Gasteiger charge is -2.31. The molecule has 4 nitrogen and oxygen atoms in total. The smallest absolute Gasteiger partial charge is 0.323 e. The summed E-state index contributed by atoms with van der Waals surface area (Å²) in [6.45, 7) is 6.22. The predicted octanol–water partition coefficient (Wildman–Crippen LogP) is 4.46. The van der Waals surface area contributed by atoms with E-state index in [1.165, 1.54) is 11.1 Å². The molecule has 3 rings (SSSR count). The maximum Gasteiger partial charge on any atom is 0.323 e. The summed E-state index contributed by atoms with van der Waals surface area (Å²) < 4.78 is 5.28. The third kappa shape index (κ3) is 5.57. The minimum absolute atomic E-state index is 0.121. The van der Waals surface area contributed by atoms with Gasteiger partial charge in [-0.05, 0) is 62.1 Å². The first-order chi connectivity index (χ1) is 14.5. The Kier molecular flexibility index (Phi) is 7.81. The van der Waals surface area contributed by atoms with Gasteiger partial charge in [0.05, 0.1) is 12.6 Å². The molecule has 0 fully saturated rings. The standard InChI is InChI=1S/C26H33NO3/c1-4-30-26(29)24(15-14-20-10-6-5-7-11-20)27-19(3)25(28)23-17-18(2)16-21-12-8-9-13-22(21)23/h5-13,18-19,23-24,27H,4,14-17H2,1-3H3/t18?,19-,23?,24-/m0/s1. The van der Waals surface area contributed by atoms with Crippen molar-refractivity contribution in [1.29, 1.82) is 0 Å². The molecule has 2 aromatic carbocycles. The van der Waals surface area contributed by atoms with Crippen molar-refractivity contribution in [2.24, 2.45) is 5.92 Å². The van der Waals surface area contributed by atoms with Crippen LogP contribution in [-0.2, 0) is 27.2 Å². The lowest BCUT2D eigenvalue weighted by Crippen LogP contribution is -2.48. The van der Waals surface area contributed by atoms with Gasteiger partial charge in [0.25, 0.3) is 0 Å². The second-order valence-corrected chi connectivity index (χ2v) is 8.42. The lowest BCUT2D eigenvalue weighted by atomic mass is 9.74. The lowest BCUT2D eigenvalue weighted by molar-refractivity contribution is -0.146. The minimum Gasteiger partial charge on any atom is -0.465 e. The van der Waals surface area contributed by atoms with E-state index < -0.39 is 12.1 Å². The fourth-order valence-corrected chi connectivity index (χ4v) is 4.47. The van der Waals surface area contributed by atoms with Crippen LogP contribution in [0, 0.1) is 5.92 Å². The van der Waals surface area contributed by atoms with E-state index in [1.54, 1.807) is 6.92 Å². The number of hydrogen-bond acceptors (Lipinski definition) is 4. The highest BCUT2D eigenvalue weighted by molar-refractivity contribution is 5.91. The van der Waals surface area contributed by atoms with E-state index in [1.807, 2.05) is 37.3 Å². The summed E-state index contributed by atoms with van der Waals surface area (Å²) in [6, 6.07) is 17.4. The molecule has 0 saturated heterocycles. The Morgan fingerprint density at radius 2 is 1.80 bits per heavy atom. The number of Topliss-reactive ketones (excluding diaryl/α,β-unsaturated/α-hetero) is 1. The van der Waals surface area contributed by atoms with Gasteiger partial charge < -0.3 is 4.74 Å². The first kappa shape index (κ1) is 22.2. The number of ether oxygens (including phenoxy) is 1. The maximum absolute atomic E-state index is 13.4. The van der Waals surface area contributed by atoms with Gasteiger partial charge in [-0.3, -0.25) is 14.9 Å². The van der Waals surface area contributed by atoms with Crippen molar-refractivity contribution < 1.29 is 14.3 Å². The Balaban J connectivity index is 1.70. The highest BCUT2D eigenvalue weighted by Crippen LogP contribution is 2.35. The zero-order valence-corrected chi connectivity index (χ0v) is 18.3. The number of nitrogens with one attached hydrogen (secondary N) is 1. The minimum atomic E-state index is -0.500. The SMILES string of the molecule is CCOC(=O)[C@H](CCc1ccccc1)N[C@@H](C)C(=O)C1CC(C)Cc2ccccc21. The van der Waals surface area contributed by atoms with Crippen LogP contribution in [0.3, 0.4) is 0 Å². The van der Waals surface area contributed by atoms with E-state index in [0.717, 1.165) is 24.8 Å². The average molecular weight is 408 g/mol. The number of carbonyl (C=O) groups excluding carboxylic acids is 2. The Morgan fingerprint density at radius 3 is 2.53 bits per heavy atom. The zero-order chi connectivity index (χ0) is 21.5. The van der Waals surface area contributed by atoms with Gasteiger partial charge in [0.2, 0.25) is 0 Å². The molecule has 30 heavy (non-hydrogen) atoms. The molecule has 2 aromatic rings. The normalized spacial score (nSPS) is 20.1. The summed E-state index contributed by atoms with van der Waals surface area (Å²) in [5.74, 6) is 0.220. The van der Waals surface area contributed by atoms with Gasteiger partial charge in [-0.2, -0.15) is 0 Å². The van der Waals surface area contributed by atoms with Gasteiger partial charge in [0.1, 0.15) is 6.04 Å². The molecule has 0 heterocycles. The molecule has 0 amide bonds. The molecule has 1 aliphatic carbocycles.